The summed E-state index contributed by atoms with van der Waals surface area (Å²) in [6, 6.07) is 11.6. The van der Waals surface area contributed by atoms with Crippen molar-refractivity contribution in [2.75, 3.05) is 0 Å². The van der Waals surface area contributed by atoms with Crippen molar-refractivity contribution in [3.63, 3.8) is 0 Å². The molecule has 5 rings (SSSR count). The van der Waals surface area contributed by atoms with Crippen LogP contribution >= 0.6 is 0 Å². The molecule has 150 valence electrons. The van der Waals surface area contributed by atoms with Crippen LogP contribution in [0.5, 0.6) is 0 Å². The number of hydrogen-bond donors (Lipinski definition) is 0. The Kier molecular flexibility index (Phi) is 5.05. The third kappa shape index (κ3) is 3.19. The van der Waals surface area contributed by atoms with Gasteiger partial charge in [0.1, 0.15) is 50.4 Å². The van der Waals surface area contributed by atoms with Crippen LogP contribution in [0.25, 0.3) is 33.1 Å². The summed E-state index contributed by atoms with van der Waals surface area (Å²) < 4.78 is 19.0. The molecule has 1 aliphatic heterocycles. The highest BCUT2D eigenvalue weighted by Crippen LogP contribution is 2.39. The average molecular weight is 419 g/mol. The largest absolute Gasteiger partial charge is 0.495 e. The first kappa shape index (κ1) is 22.6. The highest BCUT2D eigenvalue weighted by Gasteiger charge is 2.52. The molecule has 9 heteroatoms. The standard InChI is InChI=1S/C24H18B6O3/c1-23(2)24(3,4)33-30(32-23)13-9-6-10-14-15(13)11-7-5-8-12(22(11)31-14)16-17(25)19(27)21(29)20(28)18(16)26/h5-10H,1-4H3. The van der Waals surface area contributed by atoms with Gasteiger partial charge in [0.05, 0.1) is 11.2 Å². The van der Waals surface area contributed by atoms with Crippen LogP contribution in [0, 0.1) is 0 Å². The number of para-hydroxylation sites is 1. The summed E-state index contributed by atoms with van der Waals surface area (Å²) >= 11 is 0. The molecule has 0 atom stereocenters. The Labute approximate surface area is 201 Å². The fraction of sp³-hybridized carbons (Fsp3) is 0.250. The Morgan fingerprint density at radius 1 is 0.697 bits per heavy atom. The maximum atomic E-state index is 6.34. The molecule has 0 unspecified atom stereocenters. The molecule has 2 heterocycles. The molecule has 1 saturated heterocycles. The Morgan fingerprint density at radius 3 is 1.85 bits per heavy atom. The van der Waals surface area contributed by atoms with Gasteiger partial charge in [-0.25, -0.2) is 0 Å². The fourth-order valence-electron chi connectivity index (χ4n) is 4.38. The van der Waals surface area contributed by atoms with Crippen molar-refractivity contribution < 1.29 is 13.7 Å². The van der Waals surface area contributed by atoms with Gasteiger partial charge in [-0.2, -0.15) is 0 Å². The van der Waals surface area contributed by atoms with E-state index in [1.165, 1.54) is 0 Å². The monoisotopic (exact) mass is 420 g/mol. The molecule has 0 bridgehead atoms. The third-order valence-corrected chi connectivity index (χ3v) is 7.03. The second-order valence-corrected chi connectivity index (χ2v) is 9.54. The fourth-order valence-corrected chi connectivity index (χ4v) is 4.38. The molecule has 0 spiro atoms. The Morgan fingerprint density at radius 2 is 1.24 bits per heavy atom. The number of fused-ring (bicyclic) bond motifs is 3. The van der Waals surface area contributed by atoms with E-state index >= 15 is 0 Å². The van der Waals surface area contributed by atoms with Gasteiger partial charge in [0.15, 0.2) is 0 Å². The Balaban J connectivity index is 1.78. The van der Waals surface area contributed by atoms with Gasteiger partial charge in [-0.1, -0.05) is 41.3 Å². The first-order chi connectivity index (χ1) is 15.4. The molecule has 10 radical (unpaired) electrons. The molecular formula is C24H18B6O3. The first-order valence-corrected chi connectivity index (χ1v) is 10.8. The predicted molar refractivity (Wildman–Crippen MR) is 142 cm³/mol. The van der Waals surface area contributed by atoms with Gasteiger partial charge in [0, 0.05) is 16.3 Å². The molecule has 0 N–H and O–H groups in total. The molecule has 33 heavy (non-hydrogen) atoms. The third-order valence-electron chi connectivity index (χ3n) is 7.03. The molecule has 1 fully saturated rings. The topological polar surface area (TPSA) is 31.6 Å². The lowest BCUT2D eigenvalue weighted by molar-refractivity contribution is 0.00578. The summed E-state index contributed by atoms with van der Waals surface area (Å²) in [4.78, 5) is 0. The Hall–Kier alpha value is -2.23. The van der Waals surface area contributed by atoms with Crippen LogP contribution < -0.4 is 32.8 Å². The number of furan rings is 1. The van der Waals surface area contributed by atoms with E-state index in [2.05, 4.69) is 0 Å². The lowest BCUT2D eigenvalue weighted by Gasteiger charge is -2.32. The molecule has 0 saturated carbocycles. The van der Waals surface area contributed by atoms with E-state index in [0.29, 0.717) is 22.3 Å². The molecule has 0 aliphatic carbocycles. The zero-order valence-corrected chi connectivity index (χ0v) is 19.2. The summed E-state index contributed by atoms with van der Waals surface area (Å²) in [5.41, 5.74) is 3.53. The second kappa shape index (κ2) is 7.38. The van der Waals surface area contributed by atoms with Gasteiger partial charge < -0.3 is 13.7 Å². The highest BCUT2D eigenvalue weighted by molar-refractivity contribution is 6.69. The van der Waals surface area contributed by atoms with Gasteiger partial charge in [-0.15, -0.1) is 16.4 Å². The van der Waals surface area contributed by atoms with E-state index in [1.807, 2.05) is 64.1 Å². The van der Waals surface area contributed by atoms with Gasteiger partial charge >= 0.3 is 7.12 Å². The predicted octanol–water partition coefficient (Wildman–Crippen LogP) is -0.479. The molecule has 4 aromatic rings. The molecule has 0 amide bonds. The first-order valence-electron chi connectivity index (χ1n) is 10.8. The quantitative estimate of drug-likeness (QED) is 0.412. The summed E-state index contributed by atoms with van der Waals surface area (Å²) in [5.74, 6) is 0. The van der Waals surface area contributed by atoms with Crippen molar-refractivity contribution in [3.8, 4) is 11.1 Å². The van der Waals surface area contributed by atoms with Gasteiger partial charge in [-0.3, -0.25) is 0 Å². The van der Waals surface area contributed by atoms with E-state index < -0.39 is 18.3 Å². The number of hydrogen-bond acceptors (Lipinski definition) is 3. The van der Waals surface area contributed by atoms with Crippen LogP contribution in [0.3, 0.4) is 0 Å². The van der Waals surface area contributed by atoms with Crippen molar-refractivity contribution in [1.82, 2.24) is 0 Å². The van der Waals surface area contributed by atoms with Gasteiger partial charge in [0.2, 0.25) is 0 Å². The lowest BCUT2D eigenvalue weighted by Crippen LogP contribution is -2.55. The number of rotatable bonds is 2. The van der Waals surface area contributed by atoms with E-state index in [-0.39, 0.29) is 27.3 Å². The van der Waals surface area contributed by atoms with Crippen molar-refractivity contribution in [1.29, 1.82) is 0 Å². The molecular weight excluding hydrogens is 401 g/mol. The molecule has 1 aliphatic rings. The van der Waals surface area contributed by atoms with E-state index in [4.69, 9.17) is 53.0 Å². The zero-order chi connectivity index (χ0) is 23.9. The van der Waals surface area contributed by atoms with Crippen LogP contribution in [0.1, 0.15) is 27.7 Å². The normalized spacial score (nSPS) is 17.3. The molecule has 1 aromatic heterocycles. The maximum absolute atomic E-state index is 6.34. The minimum absolute atomic E-state index is 0.175. The smallest absolute Gasteiger partial charge is 0.455 e. The van der Waals surface area contributed by atoms with Gasteiger partial charge in [0.25, 0.3) is 0 Å². The van der Waals surface area contributed by atoms with Crippen LogP contribution in [-0.4, -0.2) is 57.6 Å². The zero-order valence-electron chi connectivity index (χ0n) is 19.2. The van der Waals surface area contributed by atoms with Crippen LogP contribution in [-0.2, 0) is 9.31 Å². The average Bonchev–Trinajstić information content (AvgIpc) is 3.25. The molecule has 3 nitrogen and oxygen atoms in total. The minimum Gasteiger partial charge on any atom is -0.455 e. The lowest BCUT2D eigenvalue weighted by atomic mass is 9.59. The minimum atomic E-state index is -0.541. The van der Waals surface area contributed by atoms with Crippen molar-refractivity contribution >= 4 is 101 Å². The van der Waals surface area contributed by atoms with Crippen molar-refractivity contribution in [2.45, 2.75) is 38.9 Å². The van der Waals surface area contributed by atoms with E-state index in [1.54, 1.807) is 0 Å². The highest BCUT2D eigenvalue weighted by atomic mass is 16.7. The van der Waals surface area contributed by atoms with Crippen molar-refractivity contribution in [3.05, 3.63) is 36.4 Å². The van der Waals surface area contributed by atoms with Crippen LogP contribution in [0.2, 0.25) is 0 Å². The van der Waals surface area contributed by atoms with Crippen LogP contribution in [0.4, 0.5) is 0 Å². The van der Waals surface area contributed by atoms with Crippen molar-refractivity contribution in [2.24, 2.45) is 0 Å². The number of benzene rings is 3. The SMILES string of the molecule is [B]c1c([B])c([B])c(-c2cccc3c2oc2cccc(B4OC(C)(C)C(C)(C)O4)c23)c([B])c1[B]. The summed E-state index contributed by atoms with van der Waals surface area (Å²) in [5, 5.41) is 1.78. The van der Waals surface area contributed by atoms with Crippen LogP contribution in [0.15, 0.2) is 40.8 Å². The second-order valence-electron chi connectivity index (χ2n) is 9.54. The van der Waals surface area contributed by atoms with E-state index in [0.717, 1.165) is 16.2 Å². The molecule has 3 aromatic carbocycles. The summed E-state index contributed by atoms with van der Waals surface area (Å²) in [6.45, 7) is 8.11. The Bertz CT molecular complexity index is 1390. The maximum Gasteiger partial charge on any atom is 0.495 e. The summed E-state index contributed by atoms with van der Waals surface area (Å²) in [6.07, 6.45) is 0. The van der Waals surface area contributed by atoms with Gasteiger partial charge in [-0.05, 0) is 44.8 Å². The summed E-state index contributed by atoms with van der Waals surface area (Å²) in [7, 11) is 30.3. The van der Waals surface area contributed by atoms with E-state index in [9.17, 15) is 0 Å².